The summed E-state index contributed by atoms with van der Waals surface area (Å²) in [6, 6.07) is 20.4. The van der Waals surface area contributed by atoms with Crippen molar-refractivity contribution < 1.29 is 31.9 Å². The van der Waals surface area contributed by atoms with Gasteiger partial charge in [0.05, 0.1) is 17.5 Å². The molecule has 7 nitrogen and oxygen atoms in total. The van der Waals surface area contributed by atoms with Crippen LogP contribution >= 0.6 is 0 Å². The molecule has 9 heteroatoms. The molecule has 0 spiro atoms. The van der Waals surface area contributed by atoms with E-state index in [2.05, 4.69) is 0 Å². The second-order valence-electron chi connectivity index (χ2n) is 8.14. The van der Waals surface area contributed by atoms with Crippen LogP contribution in [0, 0.1) is 5.82 Å². The van der Waals surface area contributed by atoms with Crippen LogP contribution in [0.3, 0.4) is 0 Å². The van der Waals surface area contributed by atoms with Crippen LogP contribution in [0.5, 0.6) is 5.75 Å². The Morgan fingerprint density at radius 2 is 1.63 bits per heavy atom. The lowest BCUT2D eigenvalue weighted by Gasteiger charge is -2.28. The van der Waals surface area contributed by atoms with Crippen molar-refractivity contribution in [3.63, 3.8) is 0 Å². The molecule has 1 atom stereocenters. The van der Waals surface area contributed by atoms with Crippen molar-refractivity contribution in [3.05, 3.63) is 95.8 Å². The van der Waals surface area contributed by atoms with Gasteiger partial charge in [0.2, 0.25) is 0 Å². The number of esters is 1. The van der Waals surface area contributed by atoms with Crippen LogP contribution < -0.4 is 9.64 Å². The zero-order chi connectivity index (χ0) is 24.8. The summed E-state index contributed by atoms with van der Waals surface area (Å²) in [4.78, 5) is 27.3. The van der Waals surface area contributed by atoms with E-state index >= 15 is 0 Å². The number of carbonyl (C=O) groups is 2. The minimum atomic E-state index is -3.23. The number of hydrogen-bond acceptors (Lipinski definition) is 6. The fraction of sp³-hybridized carbons (Fsp3) is 0.231. The molecule has 0 aliphatic carbocycles. The van der Waals surface area contributed by atoms with E-state index in [0.717, 1.165) is 5.56 Å². The van der Waals surface area contributed by atoms with E-state index in [0.29, 0.717) is 12.1 Å². The third kappa shape index (κ3) is 6.24. The number of sulfone groups is 1. The number of carbonyl (C=O) groups excluding carboxylic acids is 2. The smallest absolute Gasteiger partial charge is 0.342 e. The summed E-state index contributed by atoms with van der Waals surface area (Å²) >= 11 is 0. The summed E-state index contributed by atoms with van der Waals surface area (Å²) in [5.74, 6) is -1.50. The number of ether oxygens (including phenoxy) is 2. The number of benzene rings is 3. The van der Waals surface area contributed by atoms with Crippen LogP contribution in [0.25, 0.3) is 0 Å². The van der Waals surface area contributed by atoms with Crippen molar-refractivity contribution in [2.75, 3.05) is 23.0 Å². The second kappa shape index (κ2) is 10.7. The highest BCUT2D eigenvalue weighted by Gasteiger charge is 2.36. The Balaban J connectivity index is 1.44. The Morgan fingerprint density at radius 3 is 2.31 bits per heavy atom. The molecule has 3 aromatic carbocycles. The van der Waals surface area contributed by atoms with E-state index in [1.54, 1.807) is 60.7 Å². The van der Waals surface area contributed by atoms with Crippen LogP contribution in [0.1, 0.15) is 22.3 Å². The first-order valence-electron chi connectivity index (χ1n) is 11.0. The molecule has 0 radical (unpaired) electrons. The molecule has 1 aliphatic heterocycles. The van der Waals surface area contributed by atoms with Gasteiger partial charge in [-0.25, -0.2) is 17.6 Å². The highest BCUT2D eigenvalue weighted by atomic mass is 32.2. The minimum absolute atomic E-state index is 0.00678. The molecule has 35 heavy (non-hydrogen) atoms. The molecule has 1 saturated heterocycles. The van der Waals surface area contributed by atoms with Gasteiger partial charge in [-0.1, -0.05) is 42.5 Å². The van der Waals surface area contributed by atoms with Gasteiger partial charge in [0.15, 0.2) is 16.4 Å². The van der Waals surface area contributed by atoms with Gasteiger partial charge >= 0.3 is 5.97 Å². The largest absolute Gasteiger partial charge is 0.488 e. The molecule has 0 N–H and O–H groups in total. The monoisotopic (exact) mass is 497 g/mol. The molecule has 0 aromatic heterocycles. The van der Waals surface area contributed by atoms with Gasteiger partial charge in [0.1, 0.15) is 23.7 Å². The van der Waals surface area contributed by atoms with Crippen molar-refractivity contribution >= 4 is 27.4 Å². The van der Waals surface area contributed by atoms with E-state index in [4.69, 9.17) is 9.47 Å². The first-order chi connectivity index (χ1) is 16.8. The lowest BCUT2D eigenvalue weighted by molar-refractivity contribution is -0.122. The van der Waals surface area contributed by atoms with E-state index in [-0.39, 0.29) is 35.2 Å². The first-order valence-corrected chi connectivity index (χ1v) is 12.9. The van der Waals surface area contributed by atoms with Crippen LogP contribution in [-0.4, -0.2) is 44.4 Å². The first kappa shape index (κ1) is 24.4. The van der Waals surface area contributed by atoms with E-state index < -0.39 is 34.4 Å². The molecule has 1 unspecified atom stereocenters. The number of rotatable bonds is 8. The maximum absolute atomic E-state index is 13.1. The normalized spacial score (nSPS) is 16.4. The maximum Gasteiger partial charge on any atom is 0.342 e. The minimum Gasteiger partial charge on any atom is -0.488 e. The number of halogens is 1. The summed E-state index contributed by atoms with van der Waals surface area (Å²) in [7, 11) is -3.23. The SMILES string of the molecule is O=C(OCC(=O)N(c1ccccc1)C1CCS(=O)(=O)C1)c1ccccc1OCc1ccc(F)cc1. The standard InChI is InChI=1S/C26H24FNO6S/c27-20-12-10-19(11-13-20)16-33-24-9-5-4-8-23(24)26(30)34-17-25(29)28(21-6-2-1-3-7-21)22-14-15-35(31,32)18-22/h1-13,22H,14-18H2. The van der Waals surface area contributed by atoms with Crippen molar-refractivity contribution in [3.8, 4) is 5.75 Å². The van der Waals surface area contributed by atoms with Gasteiger partial charge in [0.25, 0.3) is 5.91 Å². The molecule has 4 rings (SSSR count). The Bertz CT molecular complexity index is 1290. The van der Waals surface area contributed by atoms with Crippen molar-refractivity contribution in [1.29, 1.82) is 0 Å². The second-order valence-corrected chi connectivity index (χ2v) is 10.4. The number of amides is 1. The van der Waals surface area contributed by atoms with E-state index in [1.807, 2.05) is 0 Å². The Kier molecular flexibility index (Phi) is 7.45. The molecule has 1 aliphatic rings. The summed E-state index contributed by atoms with van der Waals surface area (Å²) in [5, 5.41) is 0. The van der Waals surface area contributed by atoms with Gasteiger partial charge in [-0.3, -0.25) is 4.79 Å². The summed E-state index contributed by atoms with van der Waals surface area (Å²) < 4.78 is 48.2. The van der Waals surface area contributed by atoms with E-state index in [1.165, 1.54) is 23.1 Å². The molecule has 1 amide bonds. The summed E-state index contributed by atoms with van der Waals surface area (Å²) in [6.45, 7) is -0.446. The summed E-state index contributed by atoms with van der Waals surface area (Å²) in [5.41, 5.74) is 1.39. The Hall–Kier alpha value is -3.72. The van der Waals surface area contributed by atoms with Gasteiger partial charge in [-0.05, 0) is 48.4 Å². The average Bonchev–Trinajstić information content (AvgIpc) is 3.22. The van der Waals surface area contributed by atoms with Crippen LogP contribution in [-0.2, 0) is 26.0 Å². The predicted molar refractivity (Wildman–Crippen MR) is 128 cm³/mol. The fourth-order valence-electron chi connectivity index (χ4n) is 3.90. The van der Waals surface area contributed by atoms with Gasteiger partial charge in [0, 0.05) is 5.69 Å². The van der Waals surface area contributed by atoms with Crippen molar-refractivity contribution in [1.82, 2.24) is 0 Å². The van der Waals surface area contributed by atoms with Gasteiger partial charge < -0.3 is 14.4 Å². The number of hydrogen-bond donors (Lipinski definition) is 0. The summed E-state index contributed by atoms with van der Waals surface area (Å²) in [6.07, 6.45) is 0.316. The van der Waals surface area contributed by atoms with Crippen LogP contribution in [0.15, 0.2) is 78.9 Å². The van der Waals surface area contributed by atoms with Crippen molar-refractivity contribution in [2.24, 2.45) is 0 Å². The molecular weight excluding hydrogens is 473 g/mol. The third-order valence-corrected chi connectivity index (χ3v) is 7.37. The lowest BCUT2D eigenvalue weighted by atomic mass is 10.1. The van der Waals surface area contributed by atoms with Gasteiger partial charge in [-0.15, -0.1) is 0 Å². The quantitative estimate of drug-likeness (QED) is 0.440. The number of nitrogens with zero attached hydrogens (tertiary/aromatic N) is 1. The molecule has 0 bridgehead atoms. The molecular formula is C26H24FNO6S. The van der Waals surface area contributed by atoms with Gasteiger partial charge in [-0.2, -0.15) is 0 Å². The molecule has 3 aromatic rings. The maximum atomic E-state index is 13.1. The van der Waals surface area contributed by atoms with Crippen molar-refractivity contribution in [2.45, 2.75) is 19.1 Å². The van der Waals surface area contributed by atoms with Crippen LogP contribution in [0.2, 0.25) is 0 Å². The molecule has 1 fully saturated rings. The highest BCUT2D eigenvalue weighted by Crippen LogP contribution is 2.25. The zero-order valence-corrected chi connectivity index (χ0v) is 19.6. The highest BCUT2D eigenvalue weighted by molar-refractivity contribution is 7.91. The van der Waals surface area contributed by atoms with E-state index in [9.17, 15) is 22.4 Å². The predicted octanol–water partition coefficient (Wildman–Crippen LogP) is 3.78. The Labute approximate surface area is 203 Å². The fourth-order valence-corrected chi connectivity index (χ4v) is 5.60. The lowest BCUT2D eigenvalue weighted by Crippen LogP contribution is -2.43. The topological polar surface area (TPSA) is 90.0 Å². The number of para-hydroxylation sites is 2. The van der Waals surface area contributed by atoms with Crippen LogP contribution in [0.4, 0.5) is 10.1 Å². The molecule has 1 heterocycles. The number of anilines is 1. The molecule has 0 saturated carbocycles. The molecule has 182 valence electrons. The zero-order valence-electron chi connectivity index (χ0n) is 18.8. The third-order valence-electron chi connectivity index (χ3n) is 5.62. The average molecular weight is 498 g/mol. The Morgan fingerprint density at radius 1 is 0.943 bits per heavy atom.